The van der Waals surface area contributed by atoms with E-state index in [1.165, 1.54) is 16.2 Å². The Morgan fingerprint density at radius 2 is 2.19 bits per heavy atom. The standard InChI is InChI=1S/C19H20N4O3S/c1-11-6-7-14-15(8-11)27-18(21-14)22-17(25)13-5-3-2-4-12(13)10-23-16(24)9-20-19(23)26/h2-5,11H,6-10H2,1H3,(H,20,26)(H,21,22,25). The maximum atomic E-state index is 12.8. The van der Waals surface area contributed by atoms with Crippen LogP contribution in [0.25, 0.3) is 0 Å². The number of fused-ring (bicyclic) bond motifs is 1. The molecule has 7 nitrogen and oxygen atoms in total. The van der Waals surface area contributed by atoms with Crippen LogP contribution in [0.1, 0.15) is 39.8 Å². The molecule has 0 saturated carbocycles. The molecule has 1 aliphatic carbocycles. The number of aromatic nitrogens is 1. The molecule has 1 saturated heterocycles. The molecule has 27 heavy (non-hydrogen) atoms. The van der Waals surface area contributed by atoms with E-state index < -0.39 is 6.03 Å². The zero-order valence-electron chi connectivity index (χ0n) is 14.9. The van der Waals surface area contributed by atoms with Crippen LogP contribution in [0.4, 0.5) is 9.93 Å². The molecule has 8 heteroatoms. The summed E-state index contributed by atoms with van der Waals surface area (Å²) in [4.78, 5) is 43.4. The number of rotatable bonds is 4. The minimum atomic E-state index is -0.433. The van der Waals surface area contributed by atoms with Crippen LogP contribution in [0, 0.1) is 5.92 Å². The van der Waals surface area contributed by atoms with Crippen LogP contribution in [-0.4, -0.2) is 34.3 Å². The van der Waals surface area contributed by atoms with E-state index in [0.29, 0.717) is 22.2 Å². The second-order valence-electron chi connectivity index (χ2n) is 6.99. The molecule has 4 rings (SSSR count). The molecule has 1 aromatic heterocycles. The van der Waals surface area contributed by atoms with Crippen LogP contribution in [-0.2, 0) is 24.2 Å². The maximum absolute atomic E-state index is 12.8. The predicted octanol–water partition coefficient (Wildman–Crippen LogP) is 2.57. The van der Waals surface area contributed by atoms with E-state index in [-0.39, 0.29) is 24.9 Å². The minimum Gasteiger partial charge on any atom is -0.329 e. The summed E-state index contributed by atoms with van der Waals surface area (Å²) in [7, 11) is 0. The number of carbonyl (C=O) groups is 3. The zero-order valence-corrected chi connectivity index (χ0v) is 15.8. The summed E-state index contributed by atoms with van der Waals surface area (Å²) < 4.78 is 0. The van der Waals surface area contributed by atoms with Gasteiger partial charge in [-0.2, -0.15) is 0 Å². The molecule has 0 radical (unpaired) electrons. The number of nitrogens with zero attached hydrogens (tertiary/aromatic N) is 2. The number of aryl methyl sites for hydroxylation is 1. The largest absolute Gasteiger partial charge is 0.329 e. The Bertz CT molecular complexity index is 907. The molecule has 0 bridgehead atoms. The molecule has 0 spiro atoms. The van der Waals surface area contributed by atoms with Gasteiger partial charge in [0.2, 0.25) is 5.91 Å². The number of imide groups is 1. The molecule has 1 aliphatic heterocycles. The predicted molar refractivity (Wildman–Crippen MR) is 102 cm³/mol. The van der Waals surface area contributed by atoms with Crippen molar-refractivity contribution in [2.45, 2.75) is 32.7 Å². The summed E-state index contributed by atoms with van der Waals surface area (Å²) in [5.41, 5.74) is 2.14. The average molecular weight is 384 g/mol. The van der Waals surface area contributed by atoms with Gasteiger partial charge >= 0.3 is 6.03 Å². The van der Waals surface area contributed by atoms with Crippen LogP contribution in [0.2, 0.25) is 0 Å². The van der Waals surface area contributed by atoms with Crippen molar-refractivity contribution in [2.75, 3.05) is 11.9 Å². The van der Waals surface area contributed by atoms with Crippen LogP contribution in [0.3, 0.4) is 0 Å². The number of thiazole rings is 1. The van der Waals surface area contributed by atoms with Gasteiger partial charge in [-0.05, 0) is 36.8 Å². The highest BCUT2D eigenvalue weighted by atomic mass is 32.1. The fourth-order valence-corrected chi connectivity index (χ4v) is 4.59. The van der Waals surface area contributed by atoms with Crippen LogP contribution in [0.15, 0.2) is 24.3 Å². The van der Waals surface area contributed by atoms with Crippen LogP contribution < -0.4 is 10.6 Å². The molecular formula is C19H20N4O3S. The summed E-state index contributed by atoms with van der Waals surface area (Å²) in [6, 6.07) is 6.56. The highest BCUT2D eigenvalue weighted by molar-refractivity contribution is 7.15. The summed E-state index contributed by atoms with van der Waals surface area (Å²) in [5, 5.41) is 5.97. The lowest BCUT2D eigenvalue weighted by Gasteiger charge is -2.15. The number of anilines is 1. The smallest absolute Gasteiger partial charge is 0.324 e. The third-order valence-electron chi connectivity index (χ3n) is 4.93. The Kier molecular flexibility index (Phi) is 4.65. The lowest BCUT2D eigenvalue weighted by molar-refractivity contribution is -0.125. The Labute approximate surface area is 160 Å². The Morgan fingerprint density at radius 3 is 2.96 bits per heavy atom. The van der Waals surface area contributed by atoms with Crippen molar-refractivity contribution in [3.63, 3.8) is 0 Å². The van der Waals surface area contributed by atoms with Crippen molar-refractivity contribution in [1.29, 1.82) is 0 Å². The summed E-state index contributed by atoms with van der Waals surface area (Å²) >= 11 is 1.53. The number of amides is 4. The molecule has 4 amide bonds. The number of carbonyl (C=O) groups excluding carboxylic acids is 3. The average Bonchev–Trinajstić information content (AvgIpc) is 3.18. The van der Waals surface area contributed by atoms with Gasteiger partial charge in [0.05, 0.1) is 18.8 Å². The van der Waals surface area contributed by atoms with E-state index >= 15 is 0 Å². The first-order valence-electron chi connectivity index (χ1n) is 8.97. The van der Waals surface area contributed by atoms with Crippen molar-refractivity contribution < 1.29 is 14.4 Å². The molecule has 1 aromatic carbocycles. The van der Waals surface area contributed by atoms with Gasteiger partial charge in [0.1, 0.15) is 0 Å². The van der Waals surface area contributed by atoms with Crippen molar-refractivity contribution in [3.05, 3.63) is 46.0 Å². The number of urea groups is 1. The Hall–Kier alpha value is -2.74. The van der Waals surface area contributed by atoms with Crippen LogP contribution in [0.5, 0.6) is 0 Å². The molecular weight excluding hydrogens is 364 g/mol. The molecule has 2 aliphatic rings. The molecule has 1 atom stereocenters. The van der Waals surface area contributed by atoms with Crippen molar-refractivity contribution >= 4 is 34.3 Å². The summed E-state index contributed by atoms with van der Waals surface area (Å²) in [6.45, 7) is 2.30. The van der Waals surface area contributed by atoms with Crippen molar-refractivity contribution in [1.82, 2.24) is 15.2 Å². The Morgan fingerprint density at radius 1 is 1.37 bits per heavy atom. The van der Waals surface area contributed by atoms with Gasteiger partial charge in [0.25, 0.3) is 5.91 Å². The first kappa shape index (κ1) is 17.7. The molecule has 2 N–H and O–H groups in total. The van der Waals surface area contributed by atoms with E-state index in [1.54, 1.807) is 24.3 Å². The lowest BCUT2D eigenvalue weighted by Crippen LogP contribution is -2.31. The van der Waals surface area contributed by atoms with Gasteiger partial charge in [-0.3, -0.25) is 19.8 Å². The van der Waals surface area contributed by atoms with Gasteiger partial charge < -0.3 is 5.32 Å². The highest BCUT2D eigenvalue weighted by Crippen LogP contribution is 2.32. The fourth-order valence-electron chi connectivity index (χ4n) is 3.42. The van der Waals surface area contributed by atoms with Gasteiger partial charge in [0.15, 0.2) is 5.13 Å². The zero-order chi connectivity index (χ0) is 19.0. The first-order chi connectivity index (χ1) is 13.0. The molecule has 2 aromatic rings. The quantitative estimate of drug-likeness (QED) is 0.793. The van der Waals surface area contributed by atoms with E-state index in [9.17, 15) is 14.4 Å². The molecule has 140 valence electrons. The van der Waals surface area contributed by atoms with Gasteiger partial charge in [0, 0.05) is 10.4 Å². The van der Waals surface area contributed by atoms with Crippen LogP contribution >= 0.6 is 11.3 Å². The molecule has 1 fully saturated rings. The minimum absolute atomic E-state index is 0.00368. The van der Waals surface area contributed by atoms with Gasteiger partial charge in [-0.1, -0.05) is 25.1 Å². The van der Waals surface area contributed by atoms with E-state index in [4.69, 9.17) is 0 Å². The third-order valence-corrected chi connectivity index (χ3v) is 5.97. The summed E-state index contributed by atoms with van der Waals surface area (Å²) in [5.74, 6) is 0.0695. The Balaban J connectivity index is 1.53. The molecule has 1 unspecified atom stereocenters. The normalized spacial score (nSPS) is 19.0. The highest BCUT2D eigenvalue weighted by Gasteiger charge is 2.29. The lowest BCUT2D eigenvalue weighted by atomic mass is 9.93. The van der Waals surface area contributed by atoms with E-state index in [1.807, 2.05) is 0 Å². The van der Waals surface area contributed by atoms with Gasteiger partial charge in [-0.25, -0.2) is 9.78 Å². The number of hydrogen-bond donors (Lipinski definition) is 2. The van der Waals surface area contributed by atoms with Gasteiger partial charge in [-0.15, -0.1) is 11.3 Å². The topological polar surface area (TPSA) is 91.4 Å². The SMILES string of the molecule is CC1CCc2nc(NC(=O)c3ccccc3CN3C(=O)CNC3=O)sc2C1. The fraction of sp³-hybridized carbons (Fsp3) is 0.368. The number of benzene rings is 1. The molecule has 2 heterocycles. The summed E-state index contributed by atoms with van der Waals surface area (Å²) in [6.07, 6.45) is 3.08. The van der Waals surface area contributed by atoms with E-state index in [0.717, 1.165) is 29.9 Å². The second kappa shape index (κ2) is 7.11. The number of hydrogen-bond acceptors (Lipinski definition) is 5. The number of nitrogens with one attached hydrogen (secondary N) is 2. The first-order valence-corrected chi connectivity index (χ1v) is 9.79. The second-order valence-corrected chi connectivity index (χ2v) is 8.07. The van der Waals surface area contributed by atoms with Crippen molar-refractivity contribution in [2.24, 2.45) is 5.92 Å². The van der Waals surface area contributed by atoms with E-state index in [2.05, 4.69) is 22.5 Å². The monoisotopic (exact) mass is 384 g/mol. The van der Waals surface area contributed by atoms with Crippen molar-refractivity contribution in [3.8, 4) is 0 Å². The third kappa shape index (κ3) is 3.57. The maximum Gasteiger partial charge on any atom is 0.324 e.